The zero-order valence-corrected chi connectivity index (χ0v) is 9.65. The molecule has 1 aromatic heterocycles. The van der Waals surface area contributed by atoms with Crippen molar-refractivity contribution in [1.82, 2.24) is 4.98 Å². The molecule has 0 amide bonds. The average Bonchev–Trinajstić information content (AvgIpc) is 2.31. The number of nitrogens with zero attached hydrogens (tertiary/aromatic N) is 1. The van der Waals surface area contributed by atoms with E-state index in [-0.39, 0.29) is 5.75 Å². The molecule has 1 aromatic carbocycles. The lowest BCUT2D eigenvalue weighted by molar-refractivity contribution is 0.471. The highest BCUT2D eigenvalue weighted by Gasteiger charge is 2.09. The van der Waals surface area contributed by atoms with E-state index in [0.29, 0.717) is 5.56 Å². The molecule has 0 aliphatic heterocycles. The molecule has 0 aliphatic rings. The van der Waals surface area contributed by atoms with Crippen LogP contribution >= 0.6 is 0 Å². The summed E-state index contributed by atoms with van der Waals surface area (Å²) < 4.78 is 12.9. The molecule has 0 radical (unpaired) electrons. The monoisotopic (exact) mass is 231 g/mol. The Morgan fingerprint density at radius 2 is 2.06 bits per heavy atom. The van der Waals surface area contributed by atoms with E-state index in [9.17, 15) is 9.50 Å². The summed E-state index contributed by atoms with van der Waals surface area (Å²) in [6.07, 6.45) is 5.36. The first-order valence-corrected chi connectivity index (χ1v) is 5.64. The fraction of sp³-hybridized carbons (Fsp3) is 0.214. The van der Waals surface area contributed by atoms with Gasteiger partial charge in [0.2, 0.25) is 0 Å². The van der Waals surface area contributed by atoms with Crippen molar-refractivity contribution in [2.75, 3.05) is 0 Å². The number of hydrogen-bond donors (Lipinski definition) is 1. The summed E-state index contributed by atoms with van der Waals surface area (Å²) in [5.74, 6) is -0.467. The van der Waals surface area contributed by atoms with Gasteiger partial charge in [0, 0.05) is 24.0 Å². The van der Waals surface area contributed by atoms with E-state index in [1.165, 1.54) is 6.07 Å². The summed E-state index contributed by atoms with van der Waals surface area (Å²) >= 11 is 0. The molecule has 0 aliphatic carbocycles. The number of aromatic nitrogens is 1. The van der Waals surface area contributed by atoms with Crippen molar-refractivity contribution in [3.8, 4) is 16.9 Å². The molecule has 0 saturated heterocycles. The molecule has 1 heterocycles. The Bertz CT molecular complexity index is 525. The maximum absolute atomic E-state index is 12.9. The highest BCUT2D eigenvalue weighted by atomic mass is 19.1. The van der Waals surface area contributed by atoms with Gasteiger partial charge in [-0.3, -0.25) is 4.98 Å². The normalized spacial score (nSPS) is 10.5. The first-order chi connectivity index (χ1) is 8.22. The van der Waals surface area contributed by atoms with Crippen molar-refractivity contribution in [3.63, 3.8) is 0 Å². The van der Waals surface area contributed by atoms with Gasteiger partial charge in [-0.2, -0.15) is 0 Å². The smallest absolute Gasteiger partial charge is 0.126 e. The molecule has 0 atom stereocenters. The molecule has 2 rings (SSSR count). The van der Waals surface area contributed by atoms with Crippen molar-refractivity contribution >= 4 is 0 Å². The van der Waals surface area contributed by atoms with Crippen LogP contribution in [-0.4, -0.2) is 10.1 Å². The average molecular weight is 231 g/mol. The van der Waals surface area contributed by atoms with E-state index in [4.69, 9.17) is 0 Å². The largest absolute Gasteiger partial charge is 0.507 e. The Kier molecular flexibility index (Phi) is 3.38. The predicted octanol–water partition coefficient (Wildman–Crippen LogP) is 3.55. The lowest BCUT2D eigenvalue weighted by Gasteiger charge is -2.09. The minimum absolute atomic E-state index is 0.0337. The van der Waals surface area contributed by atoms with E-state index in [0.717, 1.165) is 30.0 Å². The minimum Gasteiger partial charge on any atom is -0.507 e. The topological polar surface area (TPSA) is 33.1 Å². The number of hydrogen-bond acceptors (Lipinski definition) is 2. The molecule has 2 aromatic rings. The fourth-order valence-electron chi connectivity index (χ4n) is 1.89. The van der Waals surface area contributed by atoms with E-state index in [1.807, 2.05) is 6.07 Å². The third kappa shape index (κ3) is 2.44. The quantitative estimate of drug-likeness (QED) is 0.876. The van der Waals surface area contributed by atoms with Crippen LogP contribution in [0.3, 0.4) is 0 Å². The van der Waals surface area contributed by atoms with E-state index < -0.39 is 5.82 Å². The Morgan fingerprint density at radius 3 is 2.76 bits per heavy atom. The van der Waals surface area contributed by atoms with Crippen LogP contribution in [0.25, 0.3) is 11.1 Å². The van der Waals surface area contributed by atoms with Crippen molar-refractivity contribution in [2.24, 2.45) is 0 Å². The van der Waals surface area contributed by atoms with Crippen LogP contribution in [-0.2, 0) is 6.42 Å². The molecule has 0 fully saturated rings. The summed E-state index contributed by atoms with van der Waals surface area (Å²) in [7, 11) is 0. The zero-order chi connectivity index (χ0) is 12.3. The third-order valence-corrected chi connectivity index (χ3v) is 2.67. The first kappa shape index (κ1) is 11.6. The maximum atomic E-state index is 12.9. The Labute approximate surface area is 99.8 Å². The number of phenols is 1. The highest BCUT2D eigenvalue weighted by Crippen LogP contribution is 2.32. The SMILES string of the molecule is CCCc1cnccc1-c1ccc(F)cc1O. The first-order valence-electron chi connectivity index (χ1n) is 5.64. The molecule has 17 heavy (non-hydrogen) atoms. The van der Waals surface area contributed by atoms with Crippen molar-refractivity contribution in [2.45, 2.75) is 19.8 Å². The van der Waals surface area contributed by atoms with E-state index in [2.05, 4.69) is 11.9 Å². The van der Waals surface area contributed by atoms with Crippen LogP contribution in [0.5, 0.6) is 5.75 Å². The summed E-state index contributed by atoms with van der Waals surface area (Å²) in [6, 6.07) is 5.92. The summed E-state index contributed by atoms with van der Waals surface area (Å²) in [5.41, 5.74) is 2.63. The number of halogens is 1. The second-order valence-corrected chi connectivity index (χ2v) is 3.94. The van der Waals surface area contributed by atoms with Gasteiger partial charge in [0.1, 0.15) is 11.6 Å². The van der Waals surface area contributed by atoms with Gasteiger partial charge in [0.15, 0.2) is 0 Å². The summed E-state index contributed by atoms with van der Waals surface area (Å²) in [6.45, 7) is 2.08. The number of aryl methyl sites for hydroxylation is 1. The van der Waals surface area contributed by atoms with E-state index in [1.54, 1.807) is 18.5 Å². The second-order valence-electron chi connectivity index (χ2n) is 3.94. The molecule has 0 bridgehead atoms. The number of phenolic OH excluding ortho intramolecular Hbond substituents is 1. The number of pyridine rings is 1. The van der Waals surface area contributed by atoms with Gasteiger partial charge in [-0.1, -0.05) is 13.3 Å². The summed E-state index contributed by atoms with van der Waals surface area (Å²) in [5, 5.41) is 9.78. The highest BCUT2D eigenvalue weighted by molar-refractivity contribution is 5.72. The minimum atomic E-state index is -0.433. The summed E-state index contributed by atoms with van der Waals surface area (Å²) in [4.78, 5) is 4.08. The molecular weight excluding hydrogens is 217 g/mol. The van der Waals surface area contributed by atoms with Gasteiger partial charge in [-0.25, -0.2) is 4.39 Å². The van der Waals surface area contributed by atoms with Crippen LogP contribution in [0.2, 0.25) is 0 Å². The molecule has 1 N–H and O–H groups in total. The van der Waals surface area contributed by atoms with E-state index >= 15 is 0 Å². The van der Waals surface area contributed by atoms with Gasteiger partial charge >= 0.3 is 0 Å². The standard InChI is InChI=1S/C14H14FNO/c1-2-3-10-9-16-7-6-12(10)13-5-4-11(15)8-14(13)17/h4-9,17H,2-3H2,1H3. The fourth-order valence-corrected chi connectivity index (χ4v) is 1.89. The zero-order valence-electron chi connectivity index (χ0n) is 9.65. The molecule has 2 nitrogen and oxygen atoms in total. The van der Waals surface area contributed by atoms with Crippen LogP contribution < -0.4 is 0 Å². The molecule has 3 heteroatoms. The molecule has 0 unspecified atom stereocenters. The van der Waals surface area contributed by atoms with Gasteiger partial charge in [-0.15, -0.1) is 0 Å². The Morgan fingerprint density at radius 1 is 1.24 bits per heavy atom. The molecule has 0 spiro atoms. The van der Waals surface area contributed by atoms with Crippen molar-refractivity contribution in [1.29, 1.82) is 0 Å². The van der Waals surface area contributed by atoms with Gasteiger partial charge in [0.05, 0.1) is 0 Å². The number of aromatic hydroxyl groups is 1. The maximum Gasteiger partial charge on any atom is 0.126 e. The molecule has 88 valence electrons. The van der Waals surface area contributed by atoms with Crippen molar-refractivity contribution in [3.05, 3.63) is 48.0 Å². The van der Waals surface area contributed by atoms with Crippen molar-refractivity contribution < 1.29 is 9.50 Å². The van der Waals surface area contributed by atoms with Crippen LogP contribution in [0.4, 0.5) is 4.39 Å². The Hall–Kier alpha value is -1.90. The lowest BCUT2D eigenvalue weighted by Crippen LogP contribution is -1.91. The van der Waals surface area contributed by atoms with Crippen LogP contribution in [0, 0.1) is 5.82 Å². The van der Waals surface area contributed by atoms with Gasteiger partial charge in [-0.05, 0) is 35.7 Å². The number of rotatable bonds is 3. The predicted molar refractivity (Wildman–Crippen MR) is 65.3 cm³/mol. The lowest BCUT2D eigenvalue weighted by atomic mass is 9.98. The number of benzene rings is 1. The van der Waals surface area contributed by atoms with Crippen LogP contribution in [0.15, 0.2) is 36.7 Å². The molecule has 0 saturated carbocycles. The van der Waals surface area contributed by atoms with Gasteiger partial charge in [0.25, 0.3) is 0 Å². The Balaban J connectivity index is 2.52. The third-order valence-electron chi connectivity index (χ3n) is 2.67. The van der Waals surface area contributed by atoms with Gasteiger partial charge < -0.3 is 5.11 Å². The second kappa shape index (κ2) is 4.95. The molecular formula is C14H14FNO. The van der Waals surface area contributed by atoms with Crippen LogP contribution in [0.1, 0.15) is 18.9 Å².